The van der Waals surface area contributed by atoms with E-state index in [4.69, 9.17) is 23.2 Å². The summed E-state index contributed by atoms with van der Waals surface area (Å²) in [5.41, 5.74) is 0.875. The van der Waals surface area contributed by atoms with E-state index >= 15 is 0 Å². The minimum Gasteiger partial charge on any atom is -0.354 e. The minimum atomic E-state index is -4.22. The summed E-state index contributed by atoms with van der Waals surface area (Å²) < 4.78 is 28.6. The van der Waals surface area contributed by atoms with E-state index in [1.807, 2.05) is 44.2 Å². The number of anilines is 1. The van der Waals surface area contributed by atoms with Crippen molar-refractivity contribution in [2.75, 3.05) is 17.4 Å². The van der Waals surface area contributed by atoms with Gasteiger partial charge in [0.25, 0.3) is 10.0 Å². The topological polar surface area (TPSA) is 86.8 Å². The molecule has 0 saturated heterocycles. The maximum atomic E-state index is 13.9. The number of nitrogens with zero attached hydrogens (tertiary/aromatic N) is 2. The third-order valence-electron chi connectivity index (χ3n) is 5.94. The molecule has 3 aromatic carbocycles. The highest BCUT2D eigenvalue weighted by atomic mass is 35.5. The Balaban J connectivity index is 2.07. The number of sulfonamides is 1. The molecule has 0 bridgehead atoms. The van der Waals surface area contributed by atoms with Crippen molar-refractivity contribution in [2.24, 2.45) is 0 Å². The zero-order valence-electron chi connectivity index (χ0n) is 21.3. The number of carbonyl (C=O) groups excluding carboxylic acids is 2. The molecule has 10 heteroatoms. The molecule has 2 amide bonds. The van der Waals surface area contributed by atoms with Crippen LogP contribution in [-0.4, -0.2) is 44.3 Å². The average Bonchev–Trinajstić information content (AvgIpc) is 2.93. The Labute approximate surface area is 234 Å². The van der Waals surface area contributed by atoms with Crippen molar-refractivity contribution in [3.63, 3.8) is 0 Å². The SMILES string of the molecule is CCCNC(=O)[C@H](CC)N(Cc1ccccc1)C(=O)CN(c1cccc(Cl)c1Cl)S(=O)(=O)c1ccccc1. The first-order valence-corrected chi connectivity index (χ1v) is 14.5. The summed E-state index contributed by atoms with van der Waals surface area (Å²) in [6.45, 7) is 3.76. The summed E-state index contributed by atoms with van der Waals surface area (Å²) in [6, 6.07) is 20.8. The molecule has 7 nitrogen and oxygen atoms in total. The Morgan fingerprint density at radius 2 is 1.53 bits per heavy atom. The fraction of sp³-hybridized carbons (Fsp3) is 0.286. The van der Waals surface area contributed by atoms with E-state index in [1.165, 1.54) is 29.2 Å². The number of hydrogen-bond acceptors (Lipinski definition) is 4. The fourth-order valence-corrected chi connectivity index (χ4v) is 5.88. The van der Waals surface area contributed by atoms with Crippen molar-refractivity contribution in [1.29, 1.82) is 0 Å². The Morgan fingerprint density at radius 3 is 2.13 bits per heavy atom. The molecule has 0 heterocycles. The molecule has 0 aromatic heterocycles. The lowest BCUT2D eigenvalue weighted by atomic mass is 10.1. The van der Waals surface area contributed by atoms with Crippen LogP contribution in [-0.2, 0) is 26.2 Å². The Hall–Kier alpha value is -3.07. The predicted octanol–water partition coefficient (Wildman–Crippen LogP) is 5.52. The molecule has 3 aromatic rings. The van der Waals surface area contributed by atoms with Crippen molar-refractivity contribution in [1.82, 2.24) is 10.2 Å². The third kappa shape index (κ3) is 7.07. The summed E-state index contributed by atoms with van der Waals surface area (Å²) >= 11 is 12.7. The van der Waals surface area contributed by atoms with Crippen LogP contribution in [0.1, 0.15) is 32.3 Å². The summed E-state index contributed by atoms with van der Waals surface area (Å²) in [5, 5.41) is 3.01. The van der Waals surface area contributed by atoms with Crippen LogP contribution < -0.4 is 9.62 Å². The Morgan fingerprint density at radius 1 is 0.895 bits per heavy atom. The number of amides is 2. The number of benzene rings is 3. The van der Waals surface area contributed by atoms with Crippen LogP contribution >= 0.6 is 23.2 Å². The lowest BCUT2D eigenvalue weighted by Crippen LogP contribution is -2.52. The van der Waals surface area contributed by atoms with Gasteiger partial charge in [0.05, 0.1) is 20.6 Å². The summed E-state index contributed by atoms with van der Waals surface area (Å²) in [6.07, 6.45) is 1.09. The maximum Gasteiger partial charge on any atom is 0.264 e. The van der Waals surface area contributed by atoms with Crippen LogP contribution in [0.2, 0.25) is 10.0 Å². The lowest BCUT2D eigenvalue weighted by Gasteiger charge is -2.33. The van der Waals surface area contributed by atoms with Gasteiger partial charge in [0, 0.05) is 13.1 Å². The highest BCUT2D eigenvalue weighted by Crippen LogP contribution is 2.35. The van der Waals surface area contributed by atoms with Crippen molar-refractivity contribution in [2.45, 2.75) is 44.2 Å². The lowest BCUT2D eigenvalue weighted by molar-refractivity contribution is -0.140. The Bertz CT molecular complexity index is 1340. The second-order valence-corrected chi connectivity index (χ2v) is 11.3. The molecule has 0 spiro atoms. The predicted molar refractivity (Wildman–Crippen MR) is 152 cm³/mol. The van der Waals surface area contributed by atoms with Gasteiger partial charge < -0.3 is 10.2 Å². The second kappa shape index (κ2) is 13.6. The zero-order valence-corrected chi connectivity index (χ0v) is 23.6. The first-order chi connectivity index (χ1) is 18.2. The second-order valence-electron chi connectivity index (χ2n) is 8.62. The van der Waals surface area contributed by atoms with Crippen molar-refractivity contribution in [3.05, 3.63) is 94.5 Å². The number of rotatable bonds is 12. The van der Waals surface area contributed by atoms with Gasteiger partial charge in [-0.25, -0.2) is 8.42 Å². The van der Waals surface area contributed by atoms with Gasteiger partial charge in [0.1, 0.15) is 12.6 Å². The van der Waals surface area contributed by atoms with Crippen LogP contribution in [0.4, 0.5) is 5.69 Å². The van der Waals surface area contributed by atoms with E-state index in [2.05, 4.69) is 5.32 Å². The molecule has 0 radical (unpaired) electrons. The van der Waals surface area contributed by atoms with Gasteiger partial charge in [-0.05, 0) is 42.7 Å². The normalized spacial score (nSPS) is 12.0. The third-order valence-corrected chi connectivity index (χ3v) is 8.52. The zero-order chi connectivity index (χ0) is 27.7. The van der Waals surface area contributed by atoms with Crippen LogP contribution in [0.15, 0.2) is 83.8 Å². The summed E-state index contributed by atoms with van der Waals surface area (Å²) in [4.78, 5) is 28.4. The first kappa shape index (κ1) is 29.5. The highest BCUT2D eigenvalue weighted by Gasteiger charge is 2.34. The molecule has 0 aliphatic rings. The molecule has 38 heavy (non-hydrogen) atoms. The van der Waals surface area contributed by atoms with Crippen LogP contribution in [0.5, 0.6) is 0 Å². The molecule has 0 aliphatic carbocycles. The van der Waals surface area contributed by atoms with E-state index in [0.29, 0.717) is 13.0 Å². The van der Waals surface area contributed by atoms with Gasteiger partial charge in [-0.2, -0.15) is 0 Å². The smallest absolute Gasteiger partial charge is 0.264 e. The molecule has 0 aliphatic heterocycles. The average molecular weight is 577 g/mol. The standard InChI is InChI=1S/C28H31Cl2N3O4S/c1-3-18-31-28(35)24(4-2)32(19-21-12-7-5-8-13-21)26(34)20-33(25-17-11-16-23(29)27(25)30)38(36,37)22-14-9-6-10-15-22/h5-17,24H,3-4,18-20H2,1-2H3,(H,31,35)/t24-/m0/s1. The largest absolute Gasteiger partial charge is 0.354 e. The summed E-state index contributed by atoms with van der Waals surface area (Å²) in [5.74, 6) is -0.847. The molecule has 1 atom stereocenters. The van der Waals surface area contributed by atoms with Gasteiger partial charge in [-0.1, -0.05) is 91.6 Å². The number of hydrogen-bond donors (Lipinski definition) is 1. The maximum absolute atomic E-state index is 13.9. The van der Waals surface area contributed by atoms with E-state index < -0.39 is 28.5 Å². The highest BCUT2D eigenvalue weighted by molar-refractivity contribution is 7.92. The van der Waals surface area contributed by atoms with Gasteiger partial charge in [-0.15, -0.1) is 0 Å². The van der Waals surface area contributed by atoms with Gasteiger partial charge in [0.2, 0.25) is 11.8 Å². The van der Waals surface area contributed by atoms with E-state index in [0.717, 1.165) is 16.3 Å². The van der Waals surface area contributed by atoms with Crippen molar-refractivity contribution in [3.8, 4) is 0 Å². The molecule has 0 unspecified atom stereocenters. The van der Waals surface area contributed by atoms with E-state index in [-0.39, 0.29) is 33.1 Å². The van der Waals surface area contributed by atoms with Crippen LogP contribution in [0.25, 0.3) is 0 Å². The molecule has 3 rings (SSSR count). The molecular formula is C28H31Cl2N3O4S. The molecule has 202 valence electrons. The van der Waals surface area contributed by atoms with Gasteiger partial charge in [-0.3, -0.25) is 13.9 Å². The molecule has 0 saturated carbocycles. The van der Waals surface area contributed by atoms with Crippen LogP contribution in [0.3, 0.4) is 0 Å². The first-order valence-electron chi connectivity index (χ1n) is 12.3. The Kier molecular flexibility index (Phi) is 10.6. The quantitative estimate of drug-likeness (QED) is 0.308. The van der Waals surface area contributed by atoms with E-state index in [1.54, 1.807) is 24.3 Å². The minimum absolute atomic E-state index is 0.00353. The molecule has 1 N–H and O–H groups in total. The van der Waals surface area contributed by atoms with E-state index in [9.17, 15) is 18.0 Å². The van der Waals surface area contributed by atoms with Gasteiger partial charge >= 0.3 is 0 Å². The van der Waals surface area contributed by atoms with Gasteiger partial charge in [0.15, 0.2) is 0 Å². The molecular weight excluding hydrogens is 545 g/mol. The van der Waals surface area contributed by atoms with Crippen LogP contribution in [0, 0.1) is 0 Å². The number of carbonyl (C=O) groups is 2. The number of halogens is 2. The van der Waals surface area contributed by atoms with Crippen molar-refractivity contribution < 1.29 is 18.0 Å². The summed E-state index contributed by atoms with van der Waals surface area (Å²) in [7, 11) is -4.22. The monoisotopic (exact) mass is 575 g/mol. The number of nitrogens with one attached hydrogen (secondary N) is 1. The fourth-order valence-electron chi connectivity index (χ4n) is 3.98. The molecule has 0 fully saturated rings. The van der Waals surface area contributed by atoms with Crippen molar-refractivity contribution >= 4 is 50.7 Å².